The molecule has 0 unspecified atom stereocenters. The van der Waals surface area contributed by atoms with E-state index >= 15 is 0 Å². The quantitative estimate of drug-likeness (QED) is 0.449. The van der Waals surface area contributed by atoms with Crippen LogP contribution in [0.3, 0.4) is 0 Å². The van der Waals surface area contributed by atoms with Gasteiger partial charge >= 0.3 is 0 Å². The van der Waals surface area contributed by atoms with Crippen molar-refractivity contribution in [3.63, 3.8) is 0 Å². The Morgan fingerprint density at radius 2 is 2.33 bits per heavy atom. The normalized spacial score (nSPS) is 9.11. The van der Waals surface area contributed by atoms with Crippen LogP contribution in [0.15, 0.2) is 12.3 Å². The Morgan fingerprint density at radius 3 is 2.78 bits per heavy atom. The van der Waals surface area contributed by atoms with E-state index in [0.717, 1.165) is 12.2 Å². The number of hydrogen-bond donors (Lipinski definition) is 1. The average Bonchev–Trinajstić information content (AvgIpc) is 1.89. The molecule has 0 saturated heterocycles. The van der Waals surface area contributed by atoms with Crippen molar-refractivity contribution in [1.29, 1.82) is 0 Å². The van der Waals surface area contributed by atoms with Gasteiger partial charge in [0.2, 0.25) is 0 Å². The van der Waals surface area contributed by atoms with Gasteiger partial charge in [0.15, 0.2) is 0 Å². The van der Waals surface area contributed by atoms with E-state index in [1.807, 2.05) is 6.92 Å². The van der Waals surface area contributed by atoms with Gasteiger partial charge < -0.3 is 9.84 Å². The third-order valence-corrected chi connectivity index (χ3v) is 1.00. The zero-order valence-electron chi connectivity index (χ0n) is 5.89. The van der Waals surface area contributed by atoms with Gasteiger partial charge in [0.25, 0.3) is 0 Å². The number of hydrogen-bond acceptors (Lipinski definition) is 2. The third kappa shape index (κ3) is 5.37. The highest BCUT2D eigenvalue weighted by atomic mass is 16.5. The van der Waals surface area contributed by atoms with E-state index in [1.165, 1.54) is 0 Å². The van der Waals surface area contributed by atoms with Crippen LogP contribution < -0.4 is 0 Å². The molecule has 0 spiro atoms. The number of ether oxygens (including phenoxy) is 1. The van der Waals surface area contributed by atoms with E-state index < -0.39 is 0 Å². The van der Waals surface area contributed by atoms with E-state index in [1.54, 1.807) is 0 Å². The topological polar surface area (TPSA) is 29.5 Å². The Balaban J connectivity index is 2.97. The lowest BCUT2D eigenvalue weighted by atomic mass is 10.4. The van der Waals surface area contributed by atoms with Gasteiger partial charge in [0, 0.05) is 19.4 Å². The molecule has 0 saturated carbocycles. The summed E-state index contributed by atoms with van der Waals surface area (Å²) in [5, 5.41) is 8.34. The van der Waals surface area contributed by atoms with Crippen LogP contribution in [0.25, 0.3) is 0 Å². The van der Waals surface area contributed by atoms with Crippen molar-refractivity contribution in [2.75, 3.05) is 13.2 Å². The standard InChI is InChI=1S/C7H14O2/c1-3-7(2)9-6-4-5-8/h8H,2-6H2,1H3. The van der Waals surface area contributed by atoms with Crippen LogP contribution in [0.4, 0.5) is 0 Å². The number of aliphatic hydroxyl groups excluding tert-OH is 1. The molecule has 0 atom stereocenters. The molecule has 0 radical (unpaired) electrons. The molecule has 0 aromatic heterocycles. The molecule has 0 amide bonds. The fourth-order valence-electron chi connectivity index (χ4n) is 0.383. The average molecular weight is 130 g/mol. The monoisotopic (exact) mass is 130 g/mol. The first-order valence-corrected chi connectivity index (χ1v) is 3.22. The SMILES string of the molecule is C=C(CC)OCCCO. The summed E-state index contributed by atoms with van der Waals surface area (Å²) in [5.74, 6) is 0.795. The van der Waals surface area contributed by atoms with Crippen molar-refractivity contribution >= 4 is 0 Å². The smallest absolute Gasteiger partial charge is 0.0898 e. The van der Waals surface area contributed by atoms with Crippen LogP contribution in [-0.2, 0) is 4.74 Å². The fraction of sp³-hybridized carbons (Fsp3) is 0.714. The molecule has 0 aliphatic heterocycles. The highest BCUT2D eigenvalue weighted by molar-refractivity contribution is 4.79. The Hall–Kier alpha value is -0.500. The molecule has 0 aliphatic carbocycles. The molecule has 2 nitrogen and oxygen atoms in total. The Kier molecular flexibility index (Phi) is 5.32. The molecule has 0 aliphatic rings. The Labute approximate surface area is 56.1 Å². The molecule has 0 aromatic carbocycles. The highest BCUT2D eigenvalue weighted by Crippen LogP contribution is 1.98. The summed E-state index contributed by atoms with van der Waals surface area (Å²) in [7, 11) is 0. The summed E-state index contributed by atoms with van der Waals surface area (Å²) in [5.41, 5.74) is 0. The summed E-state index contributed by atoms with van der Waals surface area (Å²) in [6, 6.07) is 0. The van der Waals surface area contributed by atoms with Crippen molar-refractivity contribution in [3.8, 4) is 0 Å². The van der Waals surface area contributed by atoms with Crippen LogP contribution in [0.2, 0.25) is 0 Å². The second-order valence-corrected chi connectivity index (χ2v) is 1.82. The lowest BCUT2D eigenvalue weighted by Crippen LogP contribution is -1.95. The van der Waals surface area contributed by atoms with E-state index in [-0.39, 0.29) is 6.61 Å². The predicted octanol–water partition coefficient (Wildman–Crippen LogP) is 1.31. The lowest BCUT2D eigenvalue weighted by Gasteiger charge is -2.04. The van der Waals surface area contributed by atoms with Crippen LogP contribution in [0.5, 0.6) is 0 Å². The van der Waals surface area contributed by atoms with Gasteiger partial charge in [0.1, 0.15) is 0 Å². The minimum Gasteiger partial charge on any atom is -0.498 e. The van der Waals surface area contributed by atoms with Crippen LogP contribution in [-0.4, -0.2) is 18.3 Å². The van der Waals surface area contributed by atoms with Crippen LogP contribution in [0.1, 0.15) is 19.8 Å². The fourth-order valence-corrected chi connectivity index (χ4v) is 0.383. The van der Waals surface area contributed by atoms with Crippen molar-refractivity contribution in [3.05, 3.63) is 12.3 Å². The van der Waals surface area contributed by atoms with Crippen LogP contribution in [0, 0.1) is 0 Å². The maximum Gasteiger partial charge on any atom is 0.0898 e. The zero-order valence-corrected chi connectivity index (χ0v) is 5.89. The largest absolute Gasteiger partial charge is 0.498 e. The summed E-state index contributed by atoms with van der Waals surface area (Å²) < 4.78 is 5.08. The Morgan fingerprint density at radius 1 is 1.67 bits per heavy atom. The van der Waals surface area contributed by atoms with E-state index in [2.05, 4.69) is 6.58 Å². The van der Waals surface area contributed by atoms with Crippen LogP contribution >= 0.6 is 0 Å². The van der Waals surface area contributed by atoms with Crippen molar-refractivity contribution in [2.45, 2.75) is 19.8 Å². The maximum atomic E-state index is 8.34. The van der Waals surface area contributed by atoms with E-state index in [0.29, 0.717) is 13.0 Å². The molecule has 0 bridgehead atoms. The molecule has 9 heavy (non-hydrogen) atoms. The number of rotatable bonds is 5. The highest BCUT2D eigenvalue weighted by Gasteiger charge is 1.88. The molecule has 0 heterocycles. The molecular formula is C7H14O2. The van der Waals surface area contributed by atoms with Gasteiger partial charge in [-0.05, 0) is 0 Å². The summed E-state index contributed by atoms with van der Waals surface area (Å²) in [6.07, 6.45) is 1.55. The van der Waals surface area contributed by atoms with Crippen molar-refractivity contribution in [1.82, 2.24) is 0 Å². The summed E-state index contributed by atoms with van der Waals surface area (Å²) >= 11 is 0. The van der Waals surface area contributed by atoms with E-state index in [9.17, 15) is 0 Å². The summed E-state index contributed by atoms with van der Waals surface area (Å²) in [4.78, 5) is 0. The number of aliphatic hydroxyl groups is 1. The minimum absolute atomic E-state index is 0.191. The van der Waals surface area contributed by atoms with Gasteiger partial charge in [-0.1, -0.05) is 13.5 Å². The predicted molar refractivity (Wildman–Crippen MR) is 37.1 cm³/mol. The first kappa shape index (κ1) is 8.50. The minimum atomic E-state index is 0.191. The molecular weight excluding hydrogens is 116 g/mol. The Bertz CT molecular complexity index is 79.0. The number of allylic oxidation sites excluding steroid dienone is 1. The molecule has 2 heteroatoms. The molecule has 0 aromatic rings. The van der Waals surface area contributed by atoms with Gasteiger partial charge in [-0.15, -0.1) is 0 Å². The molecule has 1 N–H and O–H groups in total. The van der Waals surface area contributed by atoms with Gasteiger partial charge in [-0.3, -0.25) is 0 Å². The van der Waals surface area contributed by atoms with Gasteiger partial charge in [-0.2, -0.15) is 0 Å². The second-order valence-electron chi connectivity index (χ2n) is 1.82. The first-order chi connectivity index (χ1) is 4.31. The van der Waals surface area contributed by atoms with Gasteiger partial charge in [0.05, 0.1) is 12.4 Å². The maximum absolute atomic E-state index is 8.34. The van der Waals surface area contributed by atoms with Crippen molar-refractivity contribution < 1.29 is 9.84 Å². The third-order valence-electron chi connectivity index (χ3n) is 1.00. The molecule has 0 fully saturated rings. The lowest BCUT2D eigenvalue weighted by molar-refractivity contribution is 0.172. The molecule has 54 valence electrons. The first-order valence-electron chi connectivity index (χ1n) is 3.22. The summed E-state index contributed by atoms with van der Waals surface area (Å²) in [6.45, 7) is 6.41. The van der Waals surface area contributed by atoms with Crippen molar-refractivity contribution in [2.24, 2.45) is 0 Å². The van der Waals surface area contributed by atoms with Gasteiger partial charge in [-0.25, -0.2) is 0 Å². The second kappa shape index (κ2) is 5.63. The molecule has 0 rings (SSSR count). The zero-order chi connectivity index (χ0) is 7.11. The van der Waals surface area contributed by atoms with E-state index in [4.69, 9.17) is 9.84 Å².